The van der Waals surface area contributed by atoms with E-state index < -0.39 is 16.3 Å². The van der Waals surface area contributed by atoms with Gasteiger partial charge in [0.15, 0.2) is 0 Å². The number of rotatable bonds is 6. The number of hydrogen-bond acceptors (Lipinski definition) is 6. The molecular formula is C18H28N4O6S. The lowest BCUT2D eigenvalue weighted by Crippen LogP contribution is -2.49. The van der Waals surface area contributed by atoms with E-state index in [1.165, 1.54) is 22.7 Å². The van der Waals surface area contributed by atoms with Gasteiger partial charge in [-0.2, -0.15) is 17.0 Å². The quantitative estimate of drug-likeness (QED) is 0.597. The minimum absolute atomic E-state index is 0.115. The van der Waals surface area contributed by atoms with Gasteiger partial charge in [0.1, 0.15) is 6.10 Å². The van der Waals surface area contributed by atoms with E-state index >= 15 is 0 Å². The van der Waals surface area contributed by atoms with Crippen molar-refractivity contribution in [3.8, 4) is 0 Å². The first-order chi connectivity index (χ1) is 13.8. The Hall–Kier alpha value is -2.08. The van der Waals surface area contributed by atoms with E-state index in [0.717, 1.165) is 18.4 Å². The number of hydrogen-bond donors (Lipinski definition) is 2. The number of amides is 1. The van der Waals surface area contributed by atoms with Gasteiger partial charge in [0.25, 0.3) is 16.7 Å². The van der Waals surface area contributed by atoms with Crippen LogP contribution in [0, 0.1) is 5.92 Å². The Morgan fingerprint density at radius 2 is 2.07 bits per heavy atom. The average molecular weight is 429 g/mol. The fraction of sp³-hybridized carbons (Fsp3) is 0.611. The fourth-order valence-electron chi connectivity index (χ4n) is 3.50. The zero-order valence-electron chi connectivity index (χ0n) is 16.6. The Balaban J connectivity index is 0.000000941. The Morgan fingerprint density at radius 3 is 2.69 bits per heavy atom. The van der Waals surface area contributed by atoms with Crippen molar-refractivity contribution >= 4 is 22.6 Å². The van der Waals surface area contributed by atoms with Crippen LogP contribution in [0.3, 0.4) is 0 Å². The molecule has 2 fully saturated rings. The highest BCUT2D eigenvalue weighted by Crippen LogP contribution is 2.34. The maximum atomic E-state index is 12.4. The molecule has 1 aromatic heterocycles. The first-order valence-corrected chi connectivity index (χ1v) is 10.8. The SMILES string of the molecule is CN(C)S(=O)(=O)N1CC[C@H]2C[C@@H](C(=O)NCCc3ccncc3)O[C@@H]2C1.O=CO. The summed E-state index contributed by atoms with van der Waals surface area (Å²) in [5.74, 6) is 0.120. The van der Waals surface area contributed by atoms with Crippen LogP contribution < -0.4 is 5.32 Å². The summed E-state index contributed by atoms with van der Waals surface area (Å²) in [6, 6.07) is 3.85. The van der Waals surface area contributed by atoms with E-state index in [1.54, 1.807) is 12.4 Å². The molecule has 0 saturated carbocycles. The fourth-order valence-corrected chi connectivity index (χ4v) is 4.64. The van der Waals surface area contributed by atoms with E-state index in [9.17, 15) is 13.2 Å². The standard InChI is InChI=1S/C17H26N4O4S.CH2O2/c1-20(2)26(23,24)21-10-6-14-11-15(25-16(14)12-21)17(22)19-9-5-13-3-7-18-8-4-13;2-1-3/h3-4,7-8,14-16H,5-6,9-12H2,1-2H3,(H,19,22);1H,(H,2,3)/t14-,15-,16+;/m0./s1. The molecule has 3 heterocycles. The maximum absolute atomic E-state index is 12.4. The minimum Gasteiger partial charge on any atom is -0.483 e. The molecule has 2 aliphatic heterocycles. The molecule has 3 rings (SSSR count). The molecule has 3 atom stereocenters. The van der Waals surface area contributed by atoms with Crippen molar-refractivity contribution in [3.05, 3.63) is 30.1 Å². The smallest absolute Gasteiger partial charge is 0.290 e. The van der Waals surface area contributed by atoms with Crippen molar-refractivity contribution in [3.63, 3.8) is 0 Å². The number of carbonyl (C=O) groups excluding carboxylic acids is 1. The van der Waals surface area contributed by atoms with Crippen molar-refractivity contribution in [1.82, 2.24) is 18.9 Å². The Labute approximate surface area is 171 Å². The number of piperidine rings is 1. The van der Waals surface area contributed by atoms with E-state index in [2.05, 4.69) is 10.3 Å². The van der Waals surface area contributed by atoms with E-state index in [0.29, 0.717) is 26.1 Å². The summed E-state index contributed by atoms with van der Waals surface area (Å²) in [5, 5.41) is 9.81. The lowest BCUT2D eigenvalue weighted by Gasteiger charge is -2.34. The maximum Gasteiger partial charge on any atom is 0.290 e. The number of pyridine rings is 1. The summed E-state index contributed by atoms with van der Waals surface area (Å²) in [6.45, 7) is 1.08. The number of nitrogens with zero attached hydrogens (tertiary/aromatic N) is 3. The van der Waals surface area contributed by atoms with Crippen LogP contribution in [0.1, 0.15) is 18.4 Å². The van der Waals surface area contributed by atoms with Crippen LogP contribution in [0.25, 0.3) is 0 Å². The predicted octanol–water partition coefficient (Wildman–Crippen LogP) is -0.273. The van der Waals surface area contributed by atoms with Gasteiger partial charge in [0, 0.05) is 46.1 Å². The van der Waals surface area contributed by atoms with Gasteiger partial charge in [-0.05, 0) is 42.9 Å². The highest BCUT2D eigenvalue weighted by molar-refractivity contribution is 7.86. The summed E-state index contributed by atoms with van der Waals surface area (Å²) >= 11 is 0. The third kappa shape index (κ3) is 6.20. The molecule has 162 valence electrons. The van der Waals surface area contributed by atoms with Gasteiger partial charge in [-0.15, -0.1) is 0 Å². The Bertz CT molecular complexity index is 774. The van der Waals surface area contributed by atoms with Crippen LogP contribution in [0.15, 0.2) is 24.5 Å². The van der Waals surface area contributed by atoms with Crippen LogP contribution in [0.2, 0.25) is 0 Å². The van der Waals surface area contributed by atoms with E-state index in [1.807, 2.05) is 12.1 Å². The molecule has 0 spiro atoms. The summed E-state index contributed by atoms with van der Waals surface area (Å²) in [4.78, 5) is 24.7. The second-order valence-electron chi connectivity index (χ2n) is 7.10. The van der Waals surface area contributed by atoms with Gasteiger partial charge >= 0.3 is 0 Å². The molecule has 1 amide bonds. The van der Waals surface area contributed by atoms with Crippen molar-refractivity contribution in [2.24, 2.45) is 5.92 Å². The molecule has 0 bridgehead atoms. The number of carboxylic acid groups (broad SMARTS) is 1. The van der Waals surface area contributed by atoms with Crippen molar-refractivity contribution in [2.45, 2.75) is 31.5 Å². The molecule has 10 nitrogen and oxygen atoms in total. The summed E-state index contributed by atoms with van der Waals surface area (Å²) in [6.07, 6.45) is 4.87. The largest absolute Gasteiger partial charge is 0.483 e. The van der Waals surface area contributed by atoms with Gasteiger partial charge < -0.3 is 15.2 Å². The molecule has 0 aromatic carbocycles. The first-order valence-electron chi connectivity index (χ1n) is 9.37. The summed E-state index contributed by atoms with van der Waals surface area (Å²) in [7, 11) is -0.393. The molecular weight excluding hydrogens is 400 g/mol. The monoisotopic (exact) mass is 428 g/mol. The molecule has 1 aromatic rings. The highest BCUT2D eigenvalue weighted by Gasteiger charge is 2.44. The lowest BCUT2D eigenvalue weighted by atomic mass is 9.93. The van der Waals surface area contributed by atoms with Gasteiger partial charge in [0.2, 0.25) is 5.91 Å². The Kier molecular flexibility index (Phi) is 8.50. The van der Waals surface area contributed by atoms with Gasteiger partial charge in [-0.25, -0.2) is 0 Å². The molecule has 2 N–H and O–H groups in total. The number of fused-ring (bicyclic) bond motifs is 1. The average Bonchev–Trinajstić information content (AvgIpc) is 3.13. The van der Waals surface area contributed by atoms with Gasteiger partial charge in [0.05, 0.1) is 6.10 Å². The molecule has 0 unspecified atom stereocenters. The first kappa shape index (κ1) is 23.2. The van der Waals surface area contributed by atoms with E-state index in [4.69, 9.17) is 14.6 Å². The van der Waals surface area contributed by atoms with Gasteiger partial charge in [-0.3, -0.25) is 14.6 Å². The molecule has 0 radical (unpaired) electrons. The van der Waals surface area contributed by atoms with Gasteiger partial charge in [-0.1, -0.05) is 0 Å². The third-order valence-corrected chi connectivity index (χ3v) is 6.96. The van der Waals surface area contributed by atoms with Crippen LogP contribution in [-0.2, 0) is 31.0 Å². The Morgan fingerprint density at radius 1 is 1.41 bits per heavy atom. The second kappa shape index (κ2) is 10.6. The molecule has 2 saturated heterocycles. The second-order valence-corrected chi connectivity index (χ2v) is 9.24. The summed E-state index contributed by atoms with van der Waals surface area (Å²) < 4.78 is 33.1. The highest BCUT2D eigenvalue weighted by atomic mass is 32.2. The van der Waals surface area contributed by atoms with E-state index in [-0.39, 0.29) is 24.4 Å². The van der Waals surface area contributed by atoms with Crippen LogP contribution in [0.5, 0.6) is 0 Å². The summed E-state index contributed by atoms with van der Waals surface area (Å²) in [5.41, 5.74) is 1.12. The van der Waals surface area contributed by atoms with Crippen LogP contribution in [0.4, 0.5) is 0 Å². The number of nitrogens with one attached hydrogen (secondary N) is 1. The number of ether oxygens (including phenoxy) is 1. The van der Waals surface area contributed by atoms with Crippen molar-refractivity contribution < 1.29 is 27.9 Å². The minimum atomic E-state index is -3.44. The zero-order chi connectivity index (χ0) is 21.4. The number of carbonyl (C=O) groups is 2. The predicted molar refractivity (Wildman–Crippen MR) is 105 cm³/mol. The number of aromatic nitrogens is 1. The van der Waals surface area contributed by atoms with Crippen LogP contribution >= 0.6 is 0 Å². The lowest BCUT2D eigenvalue weighted by molar-refractivity contribution is -0.132. The zero-order valence-corrected chi connectivity index (χ0v) is 17.4. The molecule has 11 heteroatoms. The van der Waals surface area contributed by atoms with Crippen molar-refractivity contribution in [2.75, 3.05) is 33.7 Å². The topological polar surface area (TPSA) is 129 Å². The normalized spacial score (nSPS) is 24.3. The van der Waals surface area contributed by atoms with Crippen molar-refractivity contribution in [1.29, 1.82) is 0 Å². The van der Waals surface area contributed by atoms with Crippen LogP contribution in [-0.4, -0.2) is 85.4 Å². The molecule has 2 aliphatic rings. The molecule has 0 aliphatic carbocycles. The molecule has 29 heavy (non-hydrogen) atoms. The third-order valence-electron chi connectivity index (χ3n) is 5.06.